The SMILES string of the molecule is O=C(O)C1=C(Sc2ccncc2)C[C@@H]2CN(C(=O)O)[C@@H]3C(=O)N1[C@H]23. The second-order valence-electron chi connectivity index (χ2n) is 5.90. The minimum absolute atomic E-state index is 0.0217. The Morgan fingerprint density at radius 2 is 1.96 bits per heavy atom. The number of carbonyl (C=O) groups excluding carboxylic acids is 1. The molecule has 3 atom stereocenters. The van der Waals surface area contributed by atoms with Crippen LogP contribution in [0.3, 0.4) is 0 Å². The Labute approximate surface area is 140 Å². The number of nitrogens with zero attached hydrogens (tertiary/aromatic N) is 3. The van der Waals surface area contributed by atoms with E-state index >= 15 is 0 Å². The number of carboxylic acids is 1. The van der Waals surface area contributed by atoms with Crippen LogP contribution in [0.2, 0.25) is 0 Å². The van der Waals surface area contributed by atoms with Crippen LogP contribution in [0.5, 0.6) is 0 Å². The molecule has 124 valence electrons. The first-order valence-corrected chi connectivity index (χ1v) is 8.17. The van der Waals surface area contributed by atoms with Gasteiger partial charge in [0, 0.05) is 34.7 Å². The number of amides is 2. The van der Waals surface area contributed by atoms with Gasteiger partial charge >= 0.3 is 12.1 Å². The van der Waals surface area contributed by atoms with Crippen molar-refractivity contribution in [3.8, 4) is 0 Å². The number of hydrogen-bond acceptors (Lipinski definition) is 5. The van der Waals surface area contributed by atoms with Crippen molar-refractivity contribution in [2.24, 2.45) is 5.92 Å². The molecule has 4 rings (SSSR count). The van der Waals surface area contributed by atoms with Crippen LogP contribution in [-0.2, 0) is 9.59 Å². The Balaban J connectivity index is 1.71. The Bertz CT molecular complexity index is 781. The smallest absolute Gasteiger partial charge is 0.408 e. The summed E-state index contributed by atoms with van der Waals surface area (Å²) in [5.74, 6) is -1.68. The molecular weight excluding hydrogens is 334 g/mol. The zero-order valence-electron chi connectivity index (χ0n) is 12.3. The summed E-state index contributed by atoms with van der Waals surface area (Å²) < 4.78 is 0. The van der Waals surface area contributed by atoms with Gasteiger partial charge in [-0.15, -0.1) is 0 Å². The highest BCUT2D eigenvalue weighted by Crippen LogP contribution is 2.50. The number of aromatic nitrogens is 1. The highest BCUT2D eigenvalue weighted by atomic mass is 32.2. The number of carbonyl (C=O) groups is 3. The predicted octanol–water partition coefficient (Wildman–Crippen LogP) is 1.06. The van der Waals surface area contributed by atoms with E-state index in [2.05, 4.69) is 4.98 Å². The quantitative estimate of drug-likeness (QED) is 0.787. The Hall–Kier alpha value is -2.55. The summed E-state index contributed by atoms with van der Waals surface area (Å²) in [7, 11) is 0. The zero-order chi connectivity index (χ0) is 17.0. The summed E-state index contributed by atoms with van der Waals surface area (Å²) in [4.78, 5) is 43.2. The number of thioether (sulfide) groups is 1. The largest absolute Gasteiger partial charge is 0.477 e. The van der Waals surface area contributed by atoms with Crippen molar-refractivity contribution in [1.82, 2.24) is 14.8 Å². The monoisotopic (exact) mass is 347 g/mol. The maximum atomic E-state index is 12.4. The molecule has 1 aromatic rings. The van der Waals surface area contributed by atoms with E-state index in [1.807, 2.05) is 0 Å². The molecule has 1 aromatic heterocycles. The van der Waals surface area contributed by atoms with Gasteiger partial charge in [-0.05, 0) is 18.6 Å². The number of β-lactam (4-membered cyclic amide) rings is 1. The maximum Gasteiger partial charge on any atom is 0.408 e. The lowest BCUT2D eigenvalue weighted by atomic mass is 9.82. The standard InChI is InChI=1S/C15H13N3O5S/c19-13-12-10-7(6-17(12)15(22)23)5-9(11(14(20)21)18(10)13)24-8-1-3-16-4-2-8/h1-4,7,10,12H,5-6H2,(H,20,21)(H,22,23)/t7-,10-,12+/m1/s1. The molecule has 2 saturated heterocycles. The number of carboxylic acid groups (broad SMARTS) is 2. The van der Waals surface area contributed by atoms with Gasteiger partial charge in [0.25, 0.3) is 5.91 Å². The summed E-state index contributed by atoms with van der Waals surface area (Å²) in [6.45, 7) is 0.250. The molecule has 2 fully saturated rings. The minimum atomic E-state index is -1.16. The van der Waals surface area contributed by atoms with Gasteiger partial charge in [-0.3, -0.25) is 19.6 Å². The maximum absolute atomic E-state index is 12.4. The van der Waals surface area contributed by atoms with Gasteiger partial charge in [0.2, 0.25) is 0 Å². The van der Waals surface area contributed by atoms with E-state index in [1.165, 1.54) is 16.7 Å². The molecule has 0 spiro atoms. The van der Waals surface area contributed by atoms with E-state index in [9.17, 15) is 24.6 Å². The summed E-state index contributed by atoms with van der Waals surface area (Å²) in [6.07, 6.45) is 2.54. The molecule has 0 aromatic carbocycles. The summed E-state index contributed by atoms with van der Waals surface area (Å²) in [6, 6.07) is 2.43. The van der Waals surface area contributed by atoms with E-state index in [1.54, 1.807) is 24.5 Å². The first-order valence-electron chi connectivity index (χ1n) is 7.36. The first kappa shape index (κ1) is 15.0. The summed E-state index contributed by atoms with van der Waals surface area (Å²) in [5.41, 5.74) is -0.0217. The minimum Gasteiger partial charge on any atom is -0.477 e. The molecule has 4 heterocycles. The van der Waals surface area contributed by atoms with Gasteiger partial charge in [-0.25, -0.2) is 9.59 Å². The molecule has 24 heavy (non-hydrogen) atoms. The van der Waals surface area contributed by atoms with Crippen LogP contribution >= 0.6 is 11.8 Å². The van der Waals surface area contributed by atoms with Crippen LogP contribution in [-0.4, -0.2) is 61.6 Å². The summed E-state index contributed by atoms with van der Waals surface area (Å²) in [5, 5.41) is 18.8. The third-order valence-corrected chi connectivity index (χ3v) is 5.77. The molecule has 3 aliphatic heterocycles. The number of hydrogen-bond donors (Lipinski definition) is 2. The number of pyridine rings is 1. The number of aliphatic carboxylic acids is 1. The lowest BCUT2D eigenvalue weighted by molar-refractivity contribution is -0.156. The average Bonchev–Trinajstić information content (AvgIpc) is 2.91. The van der Waals surface area contributed by atoms with Gasteiger partial charge in [0.15, 0.2) is 0 Å². The van der Waals surface area contributed by atoms with Gasteiger partial charge in [0.1, 0.15) is 11.7 Å². The molecule has 2 amide bonds. The van der Waals surface area contributed by atoms with Crippen LogP contribution in [0, 0.1) is 5.92 Å². The fraction of sp³-hybridized carbons (Fsp3) is 0.333. The second kappa shape index (κ2) is 5.23. The third kappa shape index (κ3) is 2.01. The van der Waals surface area contributed by atoms with Crippen LogP contribution in [0.15, 0.2) is 40.0 Å². The van der Waals surface area contributed by atoms with E-state index in [0.29, 0.717) is 11.3 Å². The fourth-order valence-electron chi connectivity index (χ4n) is 3.73. The van der Waals surface area contributed by atoms with Crippen LogP contribution < -0.4 is 0 Å². The Morgan fingerprint density at radius 1 is 1.25 bits per heavy atom. The van der Waals surface area contributed by atoms with Crippen LogP contribution in [0.25, 0.3) is 0 Å². The molecular formula is C15H13N3O5S. The van der Waals surface area contributed by atoms with Crippen molar-refractivity contribution in [3.63, 3.8) is 0 Å². The molecule has 0 aliphatic carbocycles. The van der Waals surface area contributed by atoms with Gasteiger partial charge < -0.3 is 10.2 Å². The van der Waals surface area contributed by atoms with Crippen molar-refractivity contribution in [3.05, 3.63) is 35.1 Å². The number of rotatable bonds is 3. The fourth-order valence-corrected chi connectivity index (χ4v) is 4.85. The normalized spacial score (nSPS) is 27.8. The van der Waals surface area contributed by atoms with Crippen molar-refractivity contribution in [2.75, 3.05) is 6.54 Å². The second-order valence-corrected chi connectivity index (χ2v) is 7.07. The van der Waals surface area contributed by atoms with E-state index in [4.69, 9.17) is 0 Å². The number of likely N-dealkylation sites (tertiary alicyclic amines) is 1. The highest BCUT2D eigenvalue weighted by molar-refractivity contribution is 8.03. The topological polar surface area (TPSA) is 111 Å². The van der Waals surface area contributed by atoms with Crippen molar-refractivity contribution in [1.29, 1.82) is 0 Å². The van der Waals surface area contributed by atoms with E-state index in [0.717, 1.165) is 9.80 Å². The van der Waals surface area contributed by atoms with E-state index < -0.39 is 24.0 Å². The Kier molecular flexibility index (Phi) is 3.27. The Morgan fingerprint density at radius 3 is 2.58 bits per heavy atom. The molecule has 2 N–H and O–H groups in total. The van der Waals surface area contributed by atoms with Crippen molar-refractivity contribution < 1.29 is 24.6 Å². The first-order chi connectivity index (χ1) is 11.5. The predicted molar refractivity (Wildman–Crippen MR) is 82.0 cm³/mol. The van der Waals surface area contributed by atoms with Gasteiger partial charge in [-0.2, -0.15) is 0 Å². The van der Waals surface area contributed by atoms with Crippen molar-refractivity contribution >= 4 is 29.7 Å². The molecule has 0 saturated carbocycles. The molecule has 8 nitrogen and oxygen atoms in total. The van der Waals surface area contributed by atoms with Crippen LogP contribution in [0.1, 0.15) is 6.42 Å². The molecule has 3 aliphatic rings. The summed E-state index contributed by atoms with van der Waals surface area (Å²) >= 11 is 1.29. The molecule has 0 radical (unpaired) electrons. The third-order valence-electron chi connectivity index (χ3n) is 4.65. The molecule has 0 unspecified atom stereocenters. The zero-order valence-corrected chi connectivity index (χ0v) is 13.1. The van der Waals surface area contributed by atoms with Crippen LogP contribution in [0.4, 0.5) is 4.79 Å². The van der Waals surface area contributed by atoms with Gasteiger partial charge in [-0.1, -0.05) is 11.8 Å². The number of allylic oxidation sites excluding steroid dienone is 1. The van der Waals surface area contributed by atoms with Crippen molar-refractivity contribution in [2.45, 2.75) is 23.4 Å². The van der Waals surface area contributed by atoms with Gasteiger partial charge in [0.05, 0.1) is 6.04 Å². The lowest BCUT2D eigenvalue weighted by Crippen LogP contribution is -2.69. The van der Waals surface area contributed by atoms with E-state index in [-0.39, 0.29) is 24.2 Å². The molecule has 9 heteroatoms. The highest BCUT2D eigenvalue weighted by Gasteiger charge is 2.64. The lowest BCUT2D eigenvalue weighted by Gasteiger charge is -2.49. The molecule has 0 bridgehead atoms. The average molecular weight is 347 g/mol.